The zero-order valence-electron chi connectivity index (χ0n) is 18.3. The van der Waals surface area contributed by atoms with Gasteiger partial charge in [-0.05, 0) is 43.2 Å². The van der Waals surface area contributed by atoms with Crippen molar-refractivity contribution in [3.63, 3.8) is 0 Å². The minimum atomic E-state index is -4.68. The van der Waals surface area contributed by atoms with Crippen molar-refractivity contribution in [2.75, 3.05) is 11.9 Å². The Balaban J connectivity index is 1.69. The van der Waals surface area contributed by atoms with Crippen molar-refractivity contribution in [3.8, 4) is 11.6 Å². The number of para-hydroxylation sites is 1. The molecule has 0 spiro atoms. The molecule has 0 aliphatic carbocycles. The highest BCUT2D eigenvalue weighted by Crippen LogP contribution is 2.38. The highest BCUT2D eigenvalue weighted by atomic mass is 35.5. The van der Waals surface area contributed by atoms with Crippen LogP contribution < -0.4 is 10.1 Å². The summed E-state index contributed by atoms with van der Waals surface area (Å²) in [6.07, 6.45) is -3.85. The molecule has 34 heavy (non-hydrogen) atoms. The van der Waals surface area contributed by atoms with Crippen LogP contribution >= 0.6 is 11.6 Å². The number of hydrogen-bond donors (Lipinski definition) is 1. The van der Waals surface area contributed by atoms with Crippen LogP contribution in [0.25, 0.3) is 16.7 Å². The quantitative estimate of drug-likeness (QED) is 0.362. The summed E-state index contributed by atoms with van der Waals surface area (Å²) in [7, 11) is 0. The van der Waals surface area contributed by atoms with Crippen LogP contribution in [-0.2, 0) is 17.4 Å². The molecular formula is C24H20ClF3N4O2. The van der Waals surface area contributed by atoms with E-state index in [0.29, 0.717) is 16.4 Å². The summed E-state index contributed by atoms with van der Waals surface area (Å²) in [6.45, 7) is 2.94. The van der Waals surface area contributed by atoms with Crippen LogP contribution in [0.5, 0.6) is 5.88 Å². The molecule has 10 heteroatoms. The molecule has 0 atom stereocenters. The lowest BCUT2D eigenvalue weighted by Gasteiger charge is -2.13. The lowest BCUT2D eigenvalue weighted by molar-refractivity contribution is -0.136. The molecule has 0 saturated heterocycles. The summed E-state index contributed by atoms with van der Waals surface area (Å²) in [5.74, 6) is -0.941. The normalized spacial score (nSPS) is 11.6. The number of ether oxygens (including phenoxy) is 1. The molecule has 0 aliphatic rings. The first kappa shape index (κ1) is 23.6. The number of halogens is 4. The number of carbonyl (C=O) groups is 1. The zero-order chi connectivity index (χ0) is 24.5. The molecule has 0 unspecified atom stereocenters. The van der Waals surface area contributed by atoms with Gasteiger partial charge in [-0.2, -0.15) is 23.3 Å². The number of rotatable bonds is 6. The second-order valence-corrected chi connectivity index (χ2v) is 7.95. The Morgan fingerprint density at radius 2 is 1.85 bits per heavy atom. The van der Waals surface area contributed by atoms with Gasteiger partial charge in [0.2, 0.25) is 5.88 Å². The number of pyridine rings is 1. The van der Waals surface area contributed by atoms with E-state index in [2.05, 4.69) is 15.4 Å². The van der Waals surface area contributed by atoms with Gasteiger partial charge >= 0.3 is 6.18 Å². The molecule has 4 rings (SSSR count). The van der Waals surface area contributed by atoms with Crippen molar-refractivity contribution >= 4 is 34.2 Å². The molecule has 176 valence electrons. The van der Waals surface area contributed by atoms with Crippen LogP contribution in [0.3, 0.4) is 0 Å². The smallest absolute Gasteiger partial charge is 0.417 e. The number of carbonyl (C=O) groups excluding carboxylic acids is 1. The molecule has 2 aromatic heterocycles. The van der Waals surface area contributed by atoms with Gasteiger partial charge in [0.1, 0.15) is 0 Å². The van der Waals surface area contributed by atoms with Crippen molar-refractivity contribution < 1.29 is 22.7 Å². The fraction of sp³-hybridized carbons (Fsp3) is 0.208. The Morgan fingerprint density at radius 1 is 1.15 bits per heavy atom. The lowest BCUT2D eigenvalue weighted by Crippen LogP contribution is -2.21. The Labute approximate surface area is 198 Å². The van der Waals surface area contributed by atoms with E-state index < -0.39 is 24.3 Å². The van der Waals surface area contributed by atoms with Gasteiger partial charge in [-0.3, -0.25) is 4.79 Å². The number of fused-ring (bicyclic) bond motifs is 1. The van der Waals surface area contributed by atoms with Crippen molar-refractivity contribution in [1.29, 1.82) is 0 Å². The summed E-state index contributed by atoms with van der Waals surface area (Å²) < 4.78 is 48.4. The molecule has 0 aliphatic heterocycles. The molecule has 0 fully saturated rings. The molecule has 2 heterocycles. The molecule has 6 nitrogen and oxygen atoms in total. The van der Waals surface area contributed by atoms with Crippen molar-refractivity contribution in [3.05, 3.63) is 76.4 Å². The molecule has 1 N–H and O–H groups in total. The van der Waals surface area contributed by atoms with Gasteiger partial charge in [0.15, 0.2) is 12.3 Å². The van der Waals surface area contributed by atoms with Crippen molar-refractivity contribution in [2.45, 2.75) is 26.4 Å². The number of hydrogen-bond acceptors (Lipinski definition) is 4. The van der Waals surface area contributed by atoms with E-state index in [1.165, 1.54) is 11.6 Å². The van der Waals surface area contributed by atoms with E-state index in [1.54, 1.807) is 36.4 Å². The van der Waals surface area contributed by atoms with E-state index >= 15 is 0 Å². The van der Waals surface area contributed by atoms with Crippen molar-refractivity contribution in [2.24, 2.45) is 0 Å². The first-order valence-electron chi connectivity index (χ1n) is 10.4. The lowest BCUT2D eigenvalue weighted by atomic mass is 10.1. The zero-order valence-corrected chi connectivity index (χ0v) is 19.0. The molecule has 0 saturated carbocycles. The van der Waals surface area contributed by atoms with E-state index in [4.69, 9.17) is 16.3 Å². The molecule has 0 bridgehead atoms. The second kappa shape index (κ2) is 9.34. The van der Waals surface area contributed by atoms with Gasteiger partial charge in [0.25, 0.3) is 5.91 Å². The van der Waals surface area contributed by atoms with E-state index in [9.17, 15) is 18.0 Å². The number of benzene rings is 2. The van der Waals surface area contributed by atoms with E-state index in [1.807, 2.05) is 19.1 Å². The summed E-state index contributed by atoms with van der Waals surface area (Å²) in [5.41, 5.74) is 1.23. The SMILES string of the molecule is CCc1ccc(-n2nc(C)c3c(C(F)(F)F)cc(OCC(=O)Nc4ccccc4Cl)nc32)cc1. The summed E-state index contributed by atoms with van der Waals surface area (Å²) in [6, 6.07) is 14.7. The predicted octanol–water partition coefficient (Wildman–Crippen LogP) is 5.98. The number of nitrogens with zero attached hydrogens (tertiary/aromatic N) is 3. The van der Waals surface area contributed by atoms with Gasteiger partial charge in [-0.15, -0.1) is 0 Å². The molecule has 0 radical (unpaired) electrons. The van der Waals surface area contributed by atoms with Crippen LogP contribution in [0.4, 0.5) is 18.9 Å². The van der Waals surface area contributed by atoms with Crippen LogP contribution in [0.15, 0.2) is 54.6 Å². The minimum Gasteiger partial charge on any atom is -0.467 e. The molecule has 4 aromatic rings. The maximum Gasteiger partial charge on any atom is 0.417 e. The van der Waals surface area contributed by atoms with Gasteiger partial charge in [-0.1, -0.05) is 42.8 Å². The van der Waals surface area contributed by atoms with Gasteiger partial charge in [0, 0.05) is 6.07 Å². The third-order valence-electron chi connectivity index (χ3n) is 5.18. The second-order valence-electron chi connectivity index (χ2n) is 7.54. The van der Waals surface area contributed by atoms with E-state index in [-0.39, 0.29) is 22.6 Å². The third-order valence-corrected chi connectivity index (χ3v) is 5.51. The Kier molecular flexibility index (Phi) is 6.47. The fourth-order valence-corrected chi connectivity index (χ4v) is 3.69. The monoisotopic (exact) mass is 488 g/mol. The summed E-state index contributed by atoms with van der Waals surface area (Å²) in [4.78, 5) is 16.5. The third kappa shape index (κ3) is 4.84. The average Bonchev–Trinajstić information content (AvgIpc) is 3.14. The number of anilines is 1. The summed E-state index contributed by atoms with van der Waals surface area (Å²) in [5, 5.41) is 7.04. The maximum atomic E-state index is 13.9. The van der Waals surface area contributed by atoms with Gasteiger partial charge in [0.05, 0.1) is 33.0 Å². The van der Waals surface area contributed by atoms with Crippen LogP contribution in [0.1, 0.15) is 23.7 Å². The Morgan fingerprint density at radius 3 is 2.50 bits per heavy atom. The maximum absolute atomic E-state index is 13.9. The van der Waals surface area contributed by atoms with Crippen LogP contribution in [0.2, 0.25) is 5.02 Å². The predicted molar refractivity (Wildman–Crippen MR) is 124 cm³/mol. The summed E-state index contributed by atoms with van der Waals surface area (Å²) >= 11 is 6.02. The van der Waals surface area contributed by atoms with E-state index in [0.717, 1.165) is 18.1 Å². The Hall–Kier alpha value is -3.59. The molecule has 2 aromatic carbocycles. The van der Waals surface area contributed by atoms with Crippen LogP contribution in [-0.4, -0.2) is 27.3 Å². The van der Waals surface area contributed by atoms with Gasteiger partial charge in [-0.25, -0.2) is 4.68 Å². The molecular weight excluding hydrogens is 469 g/mol. The highest BCUT2D eigenvalue weighted by Gasteiger charge is 2.36. The average molecular weight is 489 g/mol. The topological polar surface area (TPSA) is 69.0 Å². The molecule has 1 amide bonds. The highest BCUT2D eigenvalue weighted by molar-refractivity contribution is 6.33. The Bertz CT molecular complexity index is 1350. The number of aromatic nitrogens is 3. The van der Waals surface area contributed by atoms with Gasteiger partial charge < -0.3 is 10.1 Å². The first-order chi connectivity index (χ1) is 16.2. The standard InChI is InChI=1S/C24H20ClF3N4O2/c1-3-15-8-10-16(11-9-15)32-23-22(14(2)31-32)17(24(26,27)28)12-21(30-23)34-13-20(33)29-19-7-5-4-6-18(19)25/h4-12H,3,13H2,1-2H3,(H,29,33). The minimum absolute atomic E-state index is 0.0157. The largest absolute Gasteiger partial charge is 0.467 e. The number of aryl methyl sites for hydroxylation is 2. The number of alkyl halides is 3. The van der Waals surface area contributed by atoms with Crippen molar-refractivity contribution in [1.82, 2.24) is 14.8 Å². The number of amides is 1. The van der Waals surface area contributed by atoms with Crippen LogP contribution in [0, 0.1) is 6.92 Å². The fourth-order valence-electron chi connectivity index (χ4n) is 3.50. The number of nitrogens with one attached hydrogen (secondary N) is 1. The first-order valence-corrected chi connectivity index (χ1v) is 10.8.